The summed E-state index contributed by atoms with van der Waals surface area (Å²) in [6.45, 7) is 1.02. The first-order chi connectivity index (χ1) is 13.9. The van der Waals surface area contributed by atoms with Crippen molar-refractivity contribution in [2.45, 2.75) is 13.5 Å². The van der Waals surface area contributed by atoms with E-state index >= 15 is 0 Å². The summed E-state index contributed by atoms with van der Waals surface area (Å²) in [4.78, 5) is 20.1. The molecule has 0 aliphatic carbocycles. The highest BCUT2D eigenvalue weighted by atomic mass is 16.3. The van der Waals surface area contributed by atoms with Crippen LogP contribution in [0.2, 0.25) is 0 Å². The normalized spacial score (nSPS) is 12.0. The van der Waals surface area contributed by atoms with Gasteiger partial charge in [-0.05, 0) is 42.8 Å². The molecule has 150 valence electrons. The number of amides is 1. The molecule has 1 aromatic carbocycles. The number of fused-ring (bicyclic) bond motifs is 2. The predicted molar refractivity (Wildman–Crippen MR) is 112 cm³/mol. The lowest BCUT2D eigenvalue weighted by atomic mass is 9.92. The van der Waals surface area contributed by atoms with Crippen molar-refractivity contribution >= 4 is 27.8 Å². The zero-order valence-corrected chi connectivity index (χ0v) is 16.4. The fourth-order valence-electron chi connectivity index (χ4n) is 3.46. The number of aliphatic hydroxyl groups is 2. The van der Waals surface area contributed by atoms with Gasteiger partial charge in [0.2, 0.25) is 5.91 Å². The molecule has 3 aromatic heterocycles. The van der Waals surface area contributed by atoms with Crippen LogP contribution in [0, 0.1) is 5.41 Å². The van der Waals surface area contributed by atoms with E-state index < -0.39 is 18.6 Å². The average Bonchev–Trinajstić information content (AvgIpc) is 3.32. The number of H-pyrrole nitrogens is 1. The first kappa shape index (κ1) is 19.2. The Kier molecular flexibility index (Phi) is 4.86. The van der Waals surface area contributed by atoms with Crippen LogP contribution < -0.4 is 5.32 Å². The fraction of sp³-hybridized carbons (Fsp3) is 0.273. The van der Waals surface area contributed by atoms with Crippen molar-refractivity contribution in [2.24, 2.45) is 12.5 Å². The Morgan fingerprint density at radius 3 is 2.76 bits per heavy atom. The number of hydrogen-bond acceptors (Lipinski definition) is 4. The lowest BCUT2D eigenvalue weighted by molar-refractivity contribution is -0.135. The van der Waals surface area contributed by atoms with Gasteiger partial charge in [-0.3, -0.25) is 4.79 Å². The van der Waals surface area contributed by atoms with Crippen molar-refractivity contribution in [3.8, 4) is 11.3 Å². The summed E-state index contributed by atoms with van der Waals surface area (Å²) in [7, 11) is 2.00. The number of aromatic amines is 1. The van der Waals surface area contributed by atoms with Gasteiger partial charge in [0.15, 0.2) is 0 Å². The van der Waals surface area contributed by atoms with Crippen molar-refractivity contribution in [3.63, 3.8) is 0 Å². The SMILES string of the molecule is Cn1cc(-c2cc3cccnc3[nH]2)c2cc(CNC(=O)C(C)(CO)CO)ccc21. The molecule has 0 atom stereocenters. The quantitative estimate of drug-likeness (QED) is 0.404. The molecule has 4 rings (SSSR count). The average molecular weight is 392 g/mol. The number of aliphatic hydroxyl groups excluding tert-OH is 2. The zero-order chi connectivity index (χ0) is 20.6. The minimum absolute atomic E-state index is 0.312. The highest BCUT2D eigenvalue weighted by Crippen LogP contribution is 2.32. The summed E-state index contributed by atoms with van der Waals surface area (Å²) in [6.07, 6.45) is 3.84. The molecule has 0 aliphatic heterocycles. The van der Waals surface area contributed by atoms with Crippen LogP contribution in [-0.4, -0.2) is 43.9 Å². The van der Waals surface area contributed by atoms with Gasteiger partial charge in [0, 0.05) is 53.5 Å². The van der Waals surface area contributed by atoms with E-state index in [0.29, 0.717) is 6.54 Å². The van der Waals surface area contributed by atoms with Gasteiger partial charge in [-0.2, -0.15) is 0 Å². The van der Waals surface area contributed by atoms with Gasteiger partial charge in [-0.25, -0.2) is 4.98 Å². The van der Waals surface area contributed by atoms with Gasteiger partial charge in [0.1, 0.15) is 5.65 Å². The van der Waals surface area contributed by atoms with Crippen molar-refractivity contribution in [1.82, 2.24) is 19.9 Å². The summed E-state index contributed by atoms with van der Waals surface area (Å²) in [5.41, 5.74) is 3.71. The molecule has 7 nitrogen and oxygen atoms in total. The number of hydrogen-bond donors (Lipinski definition) is 4. The number of carbonyl (C=O) groups is 1. The van der Waals surface area contributed by atoms with Crippen molar-refractivity contribution in [1.29, 1.82) is 0 Å². The van der Waals surface area contributed by atoms with E-state index in [-0.39, 0.29) is 5.91 Å². The van der Waals surface area contributed by atoms with E-state index in [1.165, 1.54) is 6.92 Å². The van der Waals surface area contributed by atoms with Crippen molar-refractivity contribution in [3.05, 3.63) is 54.4 Å². The van der Waals surface area contributed by atoms with E-state index in [1.54, 1.807) is 6.20 Å². The van der Waals surface area contributed by atoms with Crippen LogP contribution in [0.4, 0.5) is 0 Å². The molecule has 0 spiro atoms. The van der Waals surface area contributed by atoms with Gasteiger partial charge in [-0.1, -0.05) is 6.07 Å². The van der Waals surface area contributed by atoms with E-state index in [2.05, 4.69) is 38.2 Å². The summed E-state index contributed by atoms with van der Waals surface area (Å²) in [5, 5.41) is 23.7. The number of aryl methyl sites for hydroxylation is 1. The second-order valence-corrected chi connectivity index (χ2v) is 7.69. The second-order valence-electron chi connectivity index (χ2n) is 7.69. The van der Waals surface area contributed by atoms with Crippen LogP contribution in [0.5, 0.6) is 0 Å². The molecule has 0 radical (unpaired) electrons. The van der Waals surface area contributed by atoms with Gasteiger partial charge in [0.25, 0.3) is 0 Å². The van der Waals surface area contributed by atoms with Crippen molar-refractivity contribution < 1.29 is 15.0 Å². The number of aromatic nitrogens is 3. The summed E-state index contributed by atoms with van der Waals surface area (Å²) in [6, 6.07) is 12.1. The third-order valence-electron chi connectivity index (χ3n) is 5.44. The number of nitrogens with one attached hydrogen (secondary N) is 2. The molecule has 0 bridgehead atoms. The standard InChI is InChI=1S/C22H24N4O3/c1-22(12-27,13-28)21(29)24-10-14-5-6-19-16(8-14)17(11-26(19)2)18-9-15-4-3-7-23-20(15)25-18/h3-9,11,27-28H,10,12-13H2,1-2H3,(H,23,25)(H,24,29). The molecular weight excluding hydrogens is 368 g/mol. The van der Waals surface area contributed by atoms with E-state index in [9.17, 15) is 15.0 Å². The monoisotopic (exact) mass is 392 g/mol. The van der Waals surface area contributed by atoms with E-state index in [0.717, 1.165) is 38.8 Å². The molecule has 0 saturated carbocycles. The fourth-order valence-corrected chi connectivity index (χ4v) is 3.46. The number of nitrogens with zero attached hydrogens (tertiary/aromatic N) is 2. The molecule has 0 saturated heterocycles. The third kappa shape index (κ3) is 3.39. The Labute approximate surface area is 168 Å². The van der Waals surface area contributed by atoms with Crippen molar-refractivity contribution in [2.75, 3.05) is 13.2 Å². The maximum atomic E-state index is 12.3. The zero-order valence-electron chi connectivity index (χ0n) is 16.4. The molecular formula is C22H24N4O3. The number of benzene rings is 1. The third-order valence-corrected chi connectivity index (χ3v) is 5.44. The van der Waals surface area contributed by atoms with Gasteiger partial charge >= 0.3 is 0 Å². The summed E-state index contributed by atoms with van der Waals surface area (Å²) in [5.74, 6) is -0.377. The Balaban J connectivity index is 1.67. The Morgan fingerprint density at radius 1 is 1.24 bits per heavy atom. The minimum Gasteiger partial charge on any atom is -0.395 e. The lowest BCUT2D eigenvalue weighted by Gasteiger charge is -2.23. The van der Waals surface area contributed by atoms with E-state index in [1.807, 2.05) is 31.3 Å². The topological polar surface area (TPSA) is 103 Å². The maximum absolute atomic E-state index is 12.3. The van der Waals surface area contributed by atoms with Crippen LogP contribution >= 0.6 is 0 Å². The first-order valence-electron chi connectivity index (χ1n) is 9.47. The predicted octanol–water partition coefficient (Wildman–Crippen LogP) is 2.33. The largest absolute Gasteiger partial charge is 0.395 e. The van der Waals surface area contributed by atoms with E-state index in [4.69, 9.17) is 0 Å². The molecule has 4 aromatic rings. The molecule has 4 N–H and O–H groups in total. The van der Waals surface area contributed by atoms with Crippen LogP contribution in [0.25, 0.3) is 33.2 Å². The first-order valence-corrected chi connectivity index (χ1v) is 9.47. The van der Waals surface area contributed by atoms with Crippen LogP contribution in [0.1, 0.15) is 12.5 Å². The Bertz CT molecular complexity index is 1150. The summed E-state index contributed by atoms with van der Waals surface area (Å²) < 4.78 is 2.07. The number of rotatable bonds is 6. The number of carbonyl (C=O) groups excluding carboxylic acids is 1. The molecule has 0 aliphatic rings. The Morgan fingerprint density at radius 2 is 2.03 bits per heavy atom. The van der Waals surface area contributed by atoms with Gasteiger partial charge < -0.3 is 25.1 Å². The summed E-state index contributed by atoms with van der Waals surface area (Å²) >= 11 is 0. The van der Waals surface area contributed by atoms with Gasteiger partial charge in [-0.15, -0.1) is 0 Å². The molecule has 3 heterocycles. The second kappa shape index (κ2) is 7.35. The molecule has 0 unspecified atom stereocenters. The lowest BCUT2D eigenvalue weighted by Crippen LogP contribution is -2.43. The minimum atomic E-state index is -1.20. The van der Waals surface area contributed by atoms with Crippen LogP contribution in [0.15, 0.2) is 48.8 Å². The Hall–Kier alpha value is -3.16. The van der Waals surface area contributed by atoms with Gasteiger partial charge in [0.05, 0.1) is 18.6 Å². The number of pyridine rings is 1. The smallest absolute Gasteiger partial charge is 0.230 e. The maximum Gasteiger partial charge on any atom is 0.230 e. The highest BCUT2D eigenvalue weighted by molar-refractivity contribution is 5.98. The highest BCUT2D eigenvalue weighted by Gasteiger charge is 2.31. The van der Waals surface area contributed by atoms with Crippen LogP contribution in [-0.2, 0) is 18.4 Å². The van der Waals surface area contributed by atoms with Crippen LogP contribution in [0.3, 0.4) is 0 Å². The molecule has 0 fully saturated rings. The molecule has 1 amide bonds. The molecule has 7 heteroatoms. The molecule has 29 heavy (non-hydrogen) atoms.